The third-order valence-electron chi connectivity index (χ3n) is 5.54. The van der Waals surface area contributed by atoms with E-state index in [-0.39, 0.29) is 28.2 Å². The Kier molecular flexibility index (Phi) is 7.36. The van der Waals surface area contributed by atoms with Crippen molar-refractivity contribution >= 4 is 21.9 Å². The zero-order valence-electron chi connectivity index (χ0n) is 18.9. The first-order chi connectivity index (χ1) is 15.1. The molecule has 1 aliphatic rings. The van der Waals surface area contributed by atoms with Crippen LogP contribution < -0.4 is 0 Å². The second kappa shape index (κ2) is 9.83. The van der Waals surface area contributed by atoms with Gasteiger partial charge in [-0.2, -0.15) is 4.31 Å². The molecule has 1 fully saturated rings. The van der Waals surface area contributed by atoms with Crippen LogP contribution in [0.15, 0.2) is 59.5 Å². The van der Waals surface area contributed by atoms with Crippen molar-refractivity contribution in [1.29, 1.82) is 0 Å². The summed E-state index contributed by atoms with van der Waals surface area (Å²) in [5, 5.41) is 0. The van der Waals surface area contributed by atoms with Crippen LogP contribution in [0.2, 0.25) is 0 Å². The molecule has 8 heteroatoms. The summed E-state index contributed by atoms with van der Waals surface area (Å²) in [6.45, 7) is 4.98. The van der Waals surface area contributed by atoms with Crippen molar-refractivity contribution in [1.82, 2.24) is 9.21 Å². The summed E-state index contributed by atoms with van der Waals surface area (Å²) >= 11 is 0. The fourth-order valence-electron chi connectivity index (χ4n) is 4.03. The Balaban J connectivity index is 1.86. The van der Waals surface area contributed by atoms with E-state index in [1.54, 1.807) is 44.4 Å². The average Bonchev–Trinajstić information content (AvgIpc) is 2.76. The Morgan fingerprint density at radius 1 is 1.00 bits per heavy atom. The van der Waals surface area contributed by atoms with Crippen LogP contribution >= 0.6 is 0 Å². The molecule has 7 nitrogen and oxygen atoms in total. The minimum absolute atomic E-state index is 0.0449. The molecule has 1 aliphatic heterocycles. The number of rotatable bonds is 6. The first-order valence-electron chi connectivity index (χ1n) is 10.7. The van der Waals surface area contributed by atoms with Gasteiger partial charge < -0.3 is 9.64 Å². The second-order valence-corrected chi connectivity index (χ2v) is 10.7. The lowest BCUT2D eigenvalue weighted by atomic mass is 9.94. The molecule has 0 aromatic heterocycles. The van der Waals surface area contributed by atoms with Crippen molar-refractivity contribution in [3.63, 3.8) is 0 Å². The molecule has 0 spiro atoms. The number of carbonyl (C=O) groups excluding carboxylic acids is 2. The molecule has 1 amide bonds. The van der Waals surface area contributed by atoms with Crippen LogP contribution in [-0.2, 0) is 19.6 Å². The monoisotopic (exact) mass is 458 g/mol. The number of esters is 1. The van der Waals surface area contributed by atoms with Gasteiger partial charge in [0.25, 0.3) is 5.91 Å². The zero-order valence-corrected chi connectivity index (χ0v) is 19.7. The molecule has 3 atom stereocenters. The minimum atomic E-state index is -3.74. The molecule has 0 aliphatic carbocycles. The SMILES string of the molecule is C[C@@H]1C[C@@H](C)CN(S(=O)(=O)c2cccc(C(=O)O[C@H](C(=O)N(C)C)c3ccccc3)c2)C1. The number of carbonyl (C=O) groups is 2. The van der Waals surface area contributed by atoms with Crippen LogP contribution in [0.4, 0.5) is 0 Å². The highest BCUT2D eigenvalue weighted by atomic mass is 32.2. The van der Waals surface area contributed by atoms with Gasteiger partial charge in [0.1, 0.15) is 0 Å². The van der Waals surface area contributed by atoms with Crippen LogP contribution in [0.1, 0.15) is 42.3 Å². The summed E-state index contributed by atoms with van der Waals surface area (Å²) in [6.07, 6.45) is -0.137. The minimum Gasteiger partial charge on any atom is -0.444 e. The Morgan fingerprint density at radius 3 is 2.22 bits per heavy atom. The molecule has 0 N–H and O–H groups in total. The van der Waals surface area contributed by atoms with E-state index in [2.05, 4.69) is 0 Å². The first-order valence-corrected chi connectivity index (χ1v) is 12.1. The van der Waals surface area contributed by atoms with E-state index in [1.807, 2.05) is 13.8 Å². The summed E-state index contributed by atoms with van der Waals surface area (Å²) < 4.78 is 33.5. The lowest BCUT2D eigenvalue weighted by Gasteiger charge is -2.34. The lowest BCUT2D eigenvalue weighted by Crippen LogP contribution is -2.42. The maximum atomic E-state index is 13.2. The number of ether oxygens (including phenoxy) is 1. The Hall–Kier alpha value is -2.71. The van der Waals surface area contributed by atoms with Gasteiger partial charge in [-0.05, 0) is 36.5 Å². The Morgan fingerprint density at radius 2 is 1.62 bits per heavy atom. The van der Waals surface area contributed by atoms with E-state index in [0.717, 1.165) is 6.42 Å². The van der Waals surface area contributed by atoms with E-state index >= 15 is 0 Å². The summed E-state index contributed by atoms with van der Waals surface area (Å²) in [5.41, 5.74) is 0.622. The molecule has 2 aromatic carbocycles. The third-order valence-corrected chi connectivity index (χ3v) is 7.36. The average molecular weight is 459 g/mol. The molecule has 0 unspecified atom stereocenters. The predicted octanol–water partition coefficient (Wildman–Crippen LogP) is 3.34. The molecule has 0 bridgehead atoms. The van der Waals surface area contributed by atoms with Crippen molar-refractivity contribution in [3.05, 3.63) is 65.7 Å². The largest absolute Gasteiger partial charge is 0.444 e. The van der Waals surface area contributed by atoms with Gasteiger partial charge in [0.2, 0.25) is 16.1 Å². The van der Waals surface area contributed by atoms with Gasteiger partial charge in [0.15, 0.2) is 0 Å². The van der Waals surface area contributed by atoms with Crippen molar-refractivity contribution in [2.75, 3.05) is 27.2 Å². The van der Waals surface area contributed by atoms with Gasteiger partial charge >= 0.3 is 5.97 Å². The smallest absolute Gasteiger partial charge is 0.339 e. The molecule has 0 saturated carbocycles. The highest BCUT2D eigenvalue weighted by molar-refractivity contribution is 7.89. The topological polar surface area (TPSA) is 84.0 Å². The highest BCUT2D eigenvalue weighted by Gasteiger charge is 2.32. The molecule has 3 rings (SSSR count). The zero-order chi connectivity index (χ0) is 23.5. The van der Waals surface area contributed by atoms with Gasteiger partial charge in [-0.15, -0.1) is 0 Å². The molecule has 1 heterocycles. The molecule has 2 aromatic rings. The van der Waals surface area contributed by atoms with Gasteiger partial charge in [0, 0.05) is 32.7 Å². The third kappa shape index (κ3) is 5.37. The molecule has 1 saturated heterocycles. The quantitative estimate of drug-likeness (QED) is 0.620. The number of sulfonamides is 1. The summed E-state index contributed by atoms with van der Waals surface area (Å²) in [5.74, 6) is -0.605. The highest BCUT2D eigenvalue weighted by Crippen LogP contribution is 2.28. The fourth-order valence-corrected chi connectivity index (χ4v) is 5.76. The predicted molar refractivity (Wildman–Crippen MR) is 121 cm³/mol. The molecular formula is C24H30N2O5S. The van der Waals surface area contributed by atoms with E-state index in [0.29, 0.717) is 18.7 Å². The fraction of sp³-hybridized carbons (Fsp3) is 0.417. The maximum absolute atomic E-state index is 13.2. The summed E-state index contributed by atoms with van der Waals surface area (Å²) in [7, 11) is -0.577. The number of amides is 1. The van der Waals surface area contributed by atoms with Gasteiger partial charge in [-0.3, -0.25) is 4.79 Å². The number of benzene rings is 2. The van der Waals surface area contributed by atoms with Crippen LogP contribution in [0.3, 0.4) is 0 Å². The Bertz CT molecular complexity index is 1060. The molecule has 172 valence electrons. The summed E-state index contributed by atoms with van der Waals surface area (Å²) in [4.78, 5) is 27.0. The first kappa shape index (κ1) is 23.9. The maximum Gasteiger partial charge on any atom is 0.339 e. The lowest BCUT2D eigenvalue weighted by molar-refractivity contribution is -0.138. The number of hydrogen-bond acceptors (Lipinski definition) is 5. The standard InChI is InChI=1S/C24H30N2O5S/c1-17-13-18(2)16-26(15-17)32(29,30)21-12-8-11-20(14-21)24(28)31-22(23(27)25(3)4)19-9-6-5-7-10-19/h5-12,14,17-18,22H,13,15-16H2,1-4H3/t17-,18-,22+/m1/s1. The van der Waals surface area contributed by atoms with Gasteiger partial charge in [0.05, 0.1) is 10.5 Å². The number of nitrogens with zero attached hydrogens (tertiary/aromatic N) is 2. The Labute approximate surface area is 190 Å². The summed E-state index contributed by atoms with van der Waals surface area (Å²) in [6, 6.07) is 14.5. The molecule has 32 heavy (non-hydrogen) atoms. The molecular weight excluding hydrogens is 428 g/mol. The van der Waals surface area contributed by atoms with Crippen molar-refractivity contribution < 1.29 is 22.7 Å². The van der Waals surface area contributed by atoms with Crippen LogP contribution in [0.5, 0.6) is 0 Å². The van der Waals surface area contributed by atoms with E-state index in [9.17, 15) is 18.0 Å². The normalized spacial score (nSPS) is 20.4. The number of likely N-dealkylation sites (N-methyl/N-ethyl adjacent to an activating group) is 1. The van der Waals surface area contributed by atoms with Crippen LogP contribution in [0, 0.1) is 11.8 Å². The van der Waals surface area contributed by atoms with Crippen molar-refractivity contribution in [2.24, 2.45) is 11.8 Å². The van der Waals surface area contributed by atoms with Gasteiger partial charge in [-0.1, -0.05) is 50.2 Å². The van der Waals surface area contributed by atoms with Crippen LogP contribution in [-0.4, -0.2) is 56.7 Å². The van der Waals surface area contributed by atoms with E-state index < -0.39 is 22.1 Å². The second-order valence-electron chi connectivity index (χ2n) is 8.72. The van der Waals surface area contributed by atoms with Gasteiger partial charge in [-0.25, -0.2) is 13.2 Å². The number of hydrogen-bond donors (Lipinski definition) is 0. The van der Waals surface area contributed by atoms with Crippen molar-refractivity contribution in [3.8, 4) is 0 Å². The van der Waals surface area contributed by atoms with Crippen LogP contribution in [0.25, 0.3) is 0 Å². The number of piperidine rings is 1. The molecule has 0 radical (unpaired) electrons. The van der Waals surface area contributed by atoms with Crippen molar-refractivity contribution in [2.45, 2.75) is 31.3 Å². The van der Waals surface area contributed by atoms with E-state index in [4.69, 9.17) is 4.74 Å². The van der Waals surface area contributed by atoms with E-state index in [1.165, 1.54) is 33.5 Å².